The number of nitrogens with zero attached hydrogens (tertiary/aromatic N) is 4. The largest absolute Gasteiger partial charge is 0.368 e. The van der Waals surface area contributed by atoms with Gasteiger partial charge in [0.1, 0.15) is 11.5 Å². The van der Waals surface area contributed by atoms with Gasteiger partial charge in [-0.2, -0.15) is 0 Å². The second kappa shape index (κ2) is 9.04. The van der Waals surface area contributed by atoms with Crippen LogP contribution in [0.1, 0.15) is 49.0 Å². The van der Waals surface area contributed by atoms with Crippen LogP contribution in [0, 0.1) is 0 Å². The van der Waals surface area contributed by atoms with Gasteiger partial charge in [-0.15, -0.1) is 0 Å². The molecular weight excluding hydrogens is 350 g/mol. The van der Waals surface area contributed by atoms with E-state index in [9.17, 15) is 4.79 Å². The molecule has 1 saturated carbocycles. The van der Waals surface area contributed by atoms with Gasteiger partial charge in [0, 0.05) is 50.3 Å². The van der Waals surface area contributed by atoms with E-state index in [0.29, 0.717) is 11.7 Å². The standard InChI is InChI=1S/C22H29N5O/c28-22(25-18-7-3-1-2-4-8-18)20-17-19(10-12-23-20)26-13-15-27(16-14-26)21-9-5-6-11-24-21/h5-6,9-12,17-18H,1-4,7-8,13-16H2,(H,25,28). The quantitative estimate of drug-likeness (QED) is 0.827. The molecule has 1 aliphatic heterocycles. The Morgan fingerprint density at radius 3 is 2.36 bits per heavy atom. The summed E-state index contributed by atoms with van der Waals surface area (Å²) in [4.78, 5) is 26.1. The van der Waals surface area contributed by atoms with Crippen LogP contribution < -0.4 is 15.1 Å². The highest BCUT2D eigenvalue weighted by Gasteiger charge is 2.20. The number of aromatic nitrogens is 2. The molecule has 28 heavy (non-hydrogen) atoms. The smallest absolute Gasteiger partial charge is 0.270 e. The lowest BCUT2D eigenvalue weighted by molar-refractivity contribution is 0.0928. The van der Waals surface area contributed by atoms with Crippen LogP contribution in [-0.2, 0) is 0 Å². The molecule has 2 aromatic rings. The van der Waals surface area contributed by atoms with Gasteiger partial charge in [0.05, 0.1) is 0 Å². The molecule has 6 nitrogen and oxygen atoms in total. The average Bonchev–Trinajstić information content (AvgIpc) is 3.03. The molecule has 2 fully saturated rings. The Bertz CT molecular complexity index is 766. The minimum absolute atomic E-state index is 0.0409. The van der Waals surface area contributed by atoms with Gasteiger partial charge in [0.15, 0.2) is 0 Å². The summed E-state index contributed by atoms with van der Waals surface area (Å²) in [6.07, 6.45) is 10.7. The van der Waals surface area contributed by atoms with Gasteiger partial charge in [0.2, 0.25) is 0 Å². The fraction of sp³-hybridized carbons (Fsp3) is 0.500. The lowest BCUT2D eigenvalue weighted by atomic mass is 10.1. The summed E-state index contributed by atoms with van der Waals surface area (Å²) in [5.74, 6) is 0.987. The molecule has 1 N–H and O–H groups in total. The fourth-order valence-electron chi connectivity index (χ4n) is 4.16. The number of carbonyl (C=O) groups excluding carboxylic acids is 1. The van der Waals surface area contributed by atoms with E-state index in [2.05, 4.69) is 31.2 Å². The van der Waals surface area contributed by atoms with Crippen molar-refractivity contribution in [3.8, 4) is 0 Å². The highest BCUT2D eigenvalue weighted by atomic mass is 16.1. The predicted octanol–water partition coefficient (Wildman–Crippen LogP) is 3.26. The monoisotopic (exact) mass is 379 g/mol. The van der Waals surface area contributed by atoms with Crippen LogP contribution in [0.25, 0.3) is 0 Å². The Labute approximate surface area is 167 Å². The van der Waals surface area contributed by atoms with Crippen LogP contribution in [0.2, 0.25) is 0 Å². The van der Waals surface area contributed by atoms with E-state index < -0.39 is 0 Å². The van der Waals surface area contributed by atoms with Crippen molar-refractivity contribution in [3.63, 3.8) is 0 Å². The summed E-state index contributed by atoms with van der Waals surface area (Å²) in [6, 6.07) is 10.2. The highest BCUT2D eigenvalue weighted by Crippen LogP contribution is 2.21. The number of rotatable bonds is 4. The molecule has 0 aromatic carbocycles. The van der Waals surface area contributed by atoms with Gasteiger partial charge < -0.3 is 15.1 Å². The molecule has 1 amide bonds. The molecule has 1 saturated heterocycles. The molecule has 3 heterocycles. The van der Waals surface area contributed by atoms with E-state index in [1.807, 2.05) is 30.5 Å². The molecule has 0 unspecified atom stereocenters. The molecular formula is C22H29N5O. The molecule has 0 spiro atoms. The Hall–Kier alpha value is -2.63. The zero-order chi connectivity index (χ0) is 19.2. The SMILES string of the molecule is O=C(NC1CCCCCC1)c1cc(N2CCN(c3ccccn3)CC2)ccn1. The summed E-state index contributed by atoms with van der Waals surface area (Å²) in [5, 5.41) is 3.20. The van der Waals surface area contributed by atoms with Crippen molar-refractivity contribution >= 4 is 17.4 Å². The summed E-state index contributed by atoms with van der Waals surface area (Å²) < 4.78 is 0. The van der Waals surface area contributed by atoms with Gasteiger partial charge in [-0.1, -0.05) is 31.7 Å². The van der Waals surface area contributed by atoms with Crippen LogP contribution in [0.5, 0.6) is 0 Å². The number of piperazine rings is 1. The first-order valence-electron chi connectivity index (χ1n) is 10.5. The van der Waals surface area contributed by atoms with Crippen LogP contribution >= 0.6 is 0 Å². The van der Waals surface area contributed by atoms with Crippen LogP contribution in [-0.4, -0.2) is 48.1 Å². The average molecular weight is 380 g/mol. The van der Waals surface area contributed by atoms with Crippen LogP contribution in [0.4, 0.5) is 11.5 Å². The van der Waals surface area contributed by atoms with Crippen molar-refractivity contribution in [2.24, 2.45) is 0 Å². The number of anilines is 2. The Balaban J connectivity index is 1.36. The third-order valence-electron chi connectivity index (χ3n) is 5.78. The predicted molar refractivity (Wildman–Crippen MR) is 112 cm³/mol. The molecule has 1 aliphatic carbocycles. The lowest BCUT2D eigenvalue weighted by Crippen LogP contribution is -2.47. The van der Waals surface area contributed by atoms with Crippen molar-refractivity contribution in [3.05, 3.63) is 48.4 Å². The van der Waals surface area contributed by atoms with Gasteiger partial charge in [-0.3, -0.25) is 9.78 Å². The molecule has 0 bridgehead atoms. The molecule has 2 aliphatic rings. The van der Waals surface area contributed by atoms with E-state index in [1.165, 1.54) is 25.7 Å². The van der Waals surface area contributed by atoms with E-state index >= 15 is 0 Å². The molecule has 0 radical (unpaired) electrons. The van der Waals surface area contributed by atoms with Crippen molar-refractivity contribution in [1.29, 1.82) is 0 Å². The Morgan fingerprint density at radius 1 is 0.893 bits per heavy atom. The number of hydrogen-bond acceptors (Lipinski definition) is 5. The third kappa shape index (κ3) is 4.61. The fourth-order valence-corrected chi connectivity index (χ4v) is 4.16. The summed E-state index contributed by atoms with van der Waals surface area (Å²) in [5.41, 5.74) is 1.59. The highest BCUT2D eigenvalue weighted by molar-refractivity contribution is 5.93. The number of pyridine rings is 2. The Kier molecular flexibility index (Phi) is 6.04. The lowest BCUT2D eigenvalue weighted by Gasteiger charge is -2.36. The molecule has 2 aromatic heterocycles. The van der Waals surface area contributed by atoms with E-state index in [4.69, 9.17) is 0 Å². The second-order valence-electron chi connectivity index (χ2n) is 7.72. The first-order valence-corrected chi connectivity index (χ1v) is 10.5. The summed E-state index contributed by atoms with van der Waals surface area (Å²) in [6.45, 7) is 3.65. The first-order chi connectivity index (χ1) is 13.8. The number of amides is 1. The van der Waals surface area contributed by atoms with Crippen molar-refractivity contribution in [1.82, 2.24) is 15.3 Å². The number of hydrogen-bond donors (Lipinski definition) is 1. The number of nitrogens with one attached hydrogen (secondary N) is 1. The van der Waals surface area contributed by atoms with E-state index in [1.54, 1.807) is 6.20 Å². The summed E-state index contributed by atoms with van der Waals surface area (Å²) >= 11 is 0. The molecule has 148 valence electrons. The van der Waals surface area contributed by atoms with Crippen molar-refractivity contribution in [2.75, 3.05) is 36.0 Å². The summed E-state index contributed by atoms with van der Waals surface area (Å²) in [7, 11) is 0. The molecule has 6 heteroatoms. The van der Waals surface area contributed by atoms with E-state index in [-0.39, 0.29) is 5.91 Å². The van der Waals surface area contributed by atoms with E-state index in [0.717, 1.165) is 50.5 Å². The van der Waals surface area contributed by atoms with Gasteiger partial charge in [-0.05, 0) is 37.1 Å². The molecule has 0 atom stereocenters. The van der Waals surface area contributed by atoms with Gasteiger partial charge in [-0.25, -0.2) is 4.98 Å². The van der Waals surface area contributed by atoms with Crippen molar-refractivity contribution in [2.45, 2.75) is 44.6 Å². The zero-order valence-electron chi connectivity index (χ0n) is 16.4. The first kappa shape index (κ1) is 18.7. The molecule has 4 rings (SSSR count). The third-order valence-corrected chi connectivity index (χ3v) is 5.78. The topological polar surface area (TPSA) is 61.4 Å². The number of carbonyl (C=O) groups is 1. The normalized spacial score (nSPS) is 18.6. The second-order valence-corrected chi connectivity index (χ2v) is 7.72. The minimum atomic E-state index is -0.0409. The minimum Gasteiger partial charge on any atom is -0.368 e. The maximum atomic E-state index is 12.7. The Morgan fingerprint density at radius 2 is 1.64 bits per heavy atom. The van der Waals surface area contributed by atoms with Gasteiger partial charge >= 0.3 is 0 Å². The zero-order valence-corrected chi connectivity index (χ0v) is 16.4. The van der Waals surface area contributed by atoms with Crippen LogP contribution in [0.15, 0.2) is 42.7 Å². The van der Waals surface area contributed by atoms with Crippen molar-refractivity contribution < 1.29 is 4.79 Å². The maximum absolute atomic E-state index is 12.7. The van der Waals surface area contributed by atoms with Gasteiger partial charge in [0.25, 0.3) is 5.91 Å². The maximum Gasteiger partial charge on any atom is 0.270 e. The van der Waals surface area contributed by atoms with Crippen LogP contribution in [0.3, 0.4) is 0 Å².